The molecule has 0 aromatic carbocycles. The highest BCUT2D eigenvalue weighted by atomic mass is 16.5. The maximum Gasteiger partial charge on any atom is 0.320 e. The van der Waals surface area contributed by atoms with E-state index in [1.54, 1.807) is 0 Å². The second kappa shape index (κ2) is 8.91. The van der Waals surface area contributed by atoms with Gasteiger partial charge in [-0.3, -0.25) is 9.59 Å². The van der Waals surface area contributed by atoms with Crippen molar-refractivity contribution < 1.29 is 23.8 Å². The summed E-state index contributed by atoms with van der Waals surface area (Å²) in [5.74, 6) is -1.05. The molecule has 0 aromatic heterocycles. The molecule has 0 amide bonds. The molecule has 0 aromatic rings. The molecular weight excluding hydrogens is 248 g/mol. The van der Waals surface area contributed by atoms with E-state index in [2.05, 4.69) is 9.47 Å². The van der Waals surface area contributed by atoms with Crippen LogP contribution in [-0.2, 0) is 23.8 Å². The van der Waals surface area contributed by atoms with Gasteiger partial charge in [0, 0.05) is 13.2 Å². The SMILES string of the molecule is COC(=O)C(CCCCC1CCOCC1)C(=O)OC. The first-order chi connectivity index (χ1) is 9.19. The summed E-state index contributed by atoms with van der Waals surface area (Å²) in [5, 5.41) is 0. The summed E-state index contributed by atoms with van der Waals surface area (Å²) in [5.41, 5.74) is 0. The van der Waals surface area contributed by atoms with Gasteiger partial charge in [0.2, 0.25) is 0 Å². The van der Waals surface area contributed by atoms with Crippen molar-refractivity contribution in [3.63, 3.8) is 0 Å². The molecule has 5 heteroatoms. The quantitative estimate of drug-likeness (QED) is 0.402. The summed E-state index contributed by atoms with van der Waals surface area (Å²) in [6.07, 6.45) is 5.75. The maximum absolute atomic E-state index is 11.5. The molecule has 0 spiro atoms. The monoisotopic (exact) mass is 272 g/mol. The number of esters is 2. The lowest BCUT2D eigenvalue weighted by molar-refractivity contribution is -0.159. The molecule has 1 aliphatic rings. The van der Waals surface area contributed by atoms with Gasteiger partial charge in [-0.05, 0) is 25.2 Å². The van der Waals surface area contributed by atoms with Crippen molar-refractivity contribution in [2.75, 3.05) is 27.4 Å². The van der Waals surface area contributed by atoms with Crippen LogP contribution in [0.25, 0.3) is 0 Å². The van der Waals surface area contributed by atoms with Crippen LogP contribution < -0.4 is 0 Å². The lowest BCUT2D eigenvalue weighted by Crippen LogP contribution is -2.26. The van der Waals surface area contributed by atoms with Gasteiger partial charge in [0.1, 0.15) is 0 Å². The standard InChI is InChI=1S/C14H24O5/c1-17-13(15)12(14(16)18-2)6-4-3-5-11-7-9-19-10-8-11/h11-12H,3-10H2,1-2H3. The van der Waals surface area contributed by atoms with Crippen LogP contribution >= 0.6 is 0 Å². The van der Waals surface area contributed by atoms with Crippen molar-refractivity contribution in [2.45, 2.75) is 38.5 Å². The van der Waals surface area contributed by atoms with Gasteiger partial charge in [-0.25, -0.2) is 0 Å². The van der Waals surface area contributed by atoms with E-state index < -0.39 is 17.9 Å². The number of carbonyl (C=O) groups is 2. The highest BCUT2D eigenvalue weighted by molar-refractivity contribution is 5.94. The first-order valence-electron chi connectivity index (χ1n) is 6.92. The summed E-state index contributed by atoms with van der Waals surface area (Å²) in [6, 6.07) is 0. The van der Waals surface area contributed by atoms with E-state index in [-0.39, 0.29) is 0 Å². The Hall–Kier alpha value is -1.10. The Morgan fingerprint density at radius 3 is 2.21 bits per heavy atom. The van der Waals surface area contributed by atoms with Crippen LogP contribution in [0.5, 0.6) is 0 Å². The van der Waals surface area contributed by atoms with Crippen LogP contribution in [-0.4, -0.2) is 39.4 Å². The van der Waals surface area contributed by atoms with Crippen molar-refractivity contribution >= 4 is 11.9 Å². The predicted octanol–water partition coefficient (Wildman–Crippen LogP) is 1.94. The molecule has 1 aliphatic heterocycles. The number of ether oxygens (including phenoxy) is 3. The number of methoxy groups -OCH3 is 2. The smallest absolute Gasteiger partial charge is 0.320 e. The number of carbonyl (C=O) groups excluding carboxylic acids is 2. The summed E-state index contributed by atoms with van der Waals surface area (Å²) >= 11 is 0. The molecule has 1 fully saturated rings. The Labute approximate surface area is 114 Å². The Morgan fingerprint density at radius 1 is 1.11 bits per heavy atom. The second-order valence-electron chi connectivity index (χ2n) is 4.94. The third-order valence-corrected chi connectivity index (χ3v) is 3.67. The normalized spacial score (nSPS) is 16.4. The Balaban J connectivity index is 2.23. The Morgan fingerprint density at radius 2 is 1.68 bits per heavy atom. The summed E-state index contributed by atoms with van der Waals surface area (Å²) in [7, 11) is 2.58. The van der Waals surface area contributed by atoms with Crippen LogP contribution in [0.15, 0.2) is 0 Å². The molecule has 0 atom stereocenters. The van der Waals surface area contributed by atoms with E-state index in [4.69, 9.17) is 4.74 Å². The zero-order valence-corrected chi connectivity index (χ0v) is 11.9. The van der Waals surface area contributed by atoms with Crippen LogP contribution in [0.1, 0.15) is 38.5 Å². The summed E-state index contributed by atoms with van der Waals surface area (Å²) < 4.78 is 14.6. The molecule has 0 unspecified atom stereocenters. The van der Waals surface area contributed by atoms with Crippen LogP contribution in [0.4, 0.5) is 0 Å². The average molecular weight is 272 g/mol. The number of hydrogen-bond donors (Lipinski definition) is 0. The van der Waals surface area contributed by atoms with Gasteiger partial charge in [0.25, 0.3) is 0 Å². The fourth-order valence-electron chi connectivity index (χ4n) is 2.43. The van der Waals surface area contributed by atoms with E-state index >= 15 is 0 Å². The fraction of sp³-hybridized carbons (Fsp3) is 0.857. The zero-order chi connectivity index (χ0) is 14.1. The van der Waals surface area contributed by atoms with Crippen molar-refractivity contribution in [3.8, 4) is 0 Å². The van der Waals surface area contributed by atoms with E-state index in [0.29, 0.717) is 6.42 Å². The van der Waals surface area contributed by atoms with Crippen LogP contribution in [0, 0.1) is 11.8 Å². The van der Waals surface area contributed by atoms with E-state index in [1.807, 2.05) is 0 Å². The van der Waals surface area contributed by atoms with Crippen molar-refractivity contribution in [1.29, 1.82) is 0 Å². The molecule has 1 heterocycles. The van der Waals surface area contributed by atoms with Gasteiger partial charge in [0.15, 0.2) is 5.92 Å². The lowest BCUT2D eigenvalue weighted by atomic mass is 9.92. The zero-order valence-electron chi connectivity index (χ0n) is 11.9. The van der Waals surface area contributed by atoms with E-state index in [0.717, 1.165) is 51.2 Å². The van der Waals surface area contributed by atoms with Gasteiger partial charge in [-0.1, -0.05) is 19.3 Å². The molecule has 0 bridgehead atoms. The van der Waals surface area contributed by atoms with E-state index in [1.165, 1.54) is 14.2 Å². The van der Waals surface area contributed by atoms with E-state index in [9.17, 15) is 9.59 Å². The highest BCUT2D eigenvalue weighted by Crippen LogP contribution is 2.22. The average Bonchev–Trinajstić information content (AvgIpc) is 2.47. The second-order valence-corrected chi connectivity index (χ2v) is 4.94. The minimum atomic E-state index is -0.773. The third kappa shape index (κ3) is 5.59. The maximum atomic E-state index is 11.5. The molecular formula is C14H24O5. The molecule has 0 N–H and O–H groups in total. The molecule has 19 heavy (non-hydrogen) atoms. The molecule has 0 radical (unpaired) electrons. The number of unbranched alkanes of at least 4 members (excludes halogenated alkanes) is 1. The molecule has 0 aliphatic carbocycles. The van der Waals surface area contributed by atoms with Gasteiger partial charge >= 0.3 is 11.9 Å². The lowest BCUT2D eigenvalue weighted by Gasteiger charge is -2.21. The summed E-state index contributed by atoms with van der Waals surface area (Å²) in [6.45, 7) is 1.72. The first-order valence-corrected chi connectivity index (χ1v) is 6.92. The minimum absolute atomic E-state index is 0.502. The largest absolute Gasteiger partial charge is 0.468 e. The van der Waals surface area contributed by atoms with Gasteiger partial charge in [-0.2, -0.15) is 0 Å². The third-order valence-electron chi connectivity index (χ3n) is 3.67. The summed E-state index contributed by atoms with van der Waals surface area (Å²) in [4.78, 5) is 22.9. The minimum Gasteiger partial charge on any atom is -0.468 e. The molecule has 1 rings (SSSR count). The molecule has 0 saturated carbocycles. The van der Waals surface area contributed by atoms with Gasteiger partial charge < -0.3 is 14.2 Å². The number of rotatable bonds is 7. The van der Waals surface area contributed by atoms with Crippen molar-refractivity contribution in [3.05, 3.63) is 0 Å². The van der Waals surface area contributed by atoms with Gasteiger partial charge in [0.05, 0.1) is 14.2 Å². The molecule has 110 valence electrons. The van der Waals surface area contributed by atoms with Crippen molar-refractivity contribution in [1.82, 2.24) is 0 Å². The topological polar surface area (TPSA) is 61.8 Å². The molecule has 5 nitrogen and oxygen atoms in total. The number of hydrogen-bond acceptors (Lipinski definition) is 5. The van der Waals surface area contributed by atoms with Gasteiger partial charge in [-0.15, -0.1) is 0 Å². The predicted molar refractivity (Wildman–Crippen MR) is 69.5 cm³/mol. The Bertz CT molecular complexity index is 268. The Kier molecular flexibility index (Phi) is 7.48. The first kappa shape index (κ1) is 16.0. The van der Waals surface area contributed by atoms with Crippen LogP contribution in [0.3, 0.4) is 0 Å². The fourth-order valence-corrected chi connectivity index (χ4v) is 2.43. The van der Waals surface area contributed by atoms with Crippen molar-refractivity contribution in [2.24, 2.45) is 11.8 Å². The van der Waals surface area contributed by atoms with Crippen LogP contribution in [0.2, 0.25) is 0 Å². The highest BCUT2D eigenvalue weighted by Gasteiger charge is 2.27. The molecule has 1 saturated heterocycles.